The highest BCUT2D eigenvalue weighted by molar-refractivity contribution is 9.09. The fourth-order valence-corrected chi connectivity index (χ4v) is 2.55. The number of rotatable bonds is 3. The van der Waals surface area contributed by atoms with Gasteiger partial charge in [0, 0.05) is 17.9 Å². The predicted molar refractivity (Wildman–Crippen MR) is 64.3 cm³/mol. The van der Waals surface area contributed by atoms with Crippen molar-refractivity contribution in [3.63, 3.8) is 0 Å². The lowest BCUT2D eigenvalue weighted by molar-refractivity contribution is 0.0911. The molecule has 1 aliphatic rings. The highest BCUT2D eigenvalue weighted by Gasteiger charge is 2.23. The quantitative estimate of drug-likeness (QED) is 0.743. The van der Waals surface area contributed by atoms with Crippen molar-refractivity contribution in [3.05, 3.63) is 0 Å². The van der Waals surface area contributed by atoms with Crippen molar-refractivity contribution >= 4 is 22.0 Å². The van der Waals surface area contributed by atoms with Gasteiger partial charge in [0.05, 0.1) is 6.61 Å². The lowest BCUT2D eigenvalue weighted by atomic mass is 9.93. The Labute approximate surface area is 100 Å². The van der Waals surface area contributed by atoms with Crippen molar-refractivity contribution in [2.45, 2.75) is 37.9 Å². The first-order valence-electron chi connectivity index (χ1n) is 5.69. The van der Waals surface area contributed by atoms with E-state index in [-0.39, 0.29) is 6.09 Å². The number of ether oxygens (including phenoxy) is 1. The fourth-order valence-electron chi connectivity index (χ4n) is 2.03. The minimum atomic E-state index is -0.150. The maximum atomic E-state index is 11.4. The summed E-state index contributed by atoms with van der Waals surface area (Å²) in [5, 5.41) is 0. The van der Waals surface area contributed by atoms with Crippen LogP contribution in [0.4, 0.5) is 4.79 Å². The van der Waals surface area contributed by atoms with E-state index in [4.69, 9.17) is 4.74 Å². The molecule has 0 spiro atoms. The number of hydrogen-bond donors (Lipinski definition) is 0. The van der Waals surface area contributed by atoms with Gasteiger partial charge in [0.25, 0.3) is 0 Å². The topological polar surface area (TPSA) is 29.5 Å². The molecule has 1 amide bonds. The molecule has 0 N–H and O–H groups in total. The zero-order valence-electron chi connectivity index (χ0n) is 9.54. The normalized spacial score (nSPS) is 20.1. The molecule has 0 radical (unpaired) electrons. The number of likely N-dealkylation sites (tertiary alicyclic amines) is 1. The molecular formula is C11H20BrNO2. The minimum Gasteiger partial charge on any atom is -0.450 e. The molecule has 1 atom stereocenters. The van der Waals surface area contributed by atoms with Crippen LogP contribution in [0.1, 0.15) is 33.1 Å². The van der Waals surface area contributed by atoms with Gasteiger partial charge >= 0.3 is 6.09 Å². The van der Waals surface area contributed by atoms with Crippen molar-refractivity contribution in [2.75, 3.05) is 19.7 Å². The number of carbonyl (C=O) groups is 1. The Kier molecular flexibility index (Phi) is 5.43. The molecular weight excluding hydrogens is 258 g/mol. The maximum Gasteiger partial charge on any atom is 0.409 e. The third-order valence-electron chi connectivity index (χ3n) is 2.80. The van der Waals surface area contributed by atoms with Gasteiger partial charge in [-0.1, -0.05) is 22.9 Å². The van der Waals surface area contributed by atoms with Crippen LogP contribution in [0.15, 0.2) is 0 Å². The standard InChI is InChI=1S/C11H20BrNO2/c1-3-15-11(14)13-6-4-10(5-7-13)8-9(2)12/h9-10H,3-8H2,1-2H3. The van der Waals surface area contributed by atoms with Crippen LogP contribution >= 0.6 is 15.9 Å². The van der Waals surface area contributed by atoms with Crippen LogP contribution in [-0.4, -0.2) is 35.5 Å². The molecule has 3 nitrogen and oxygen atoms in total. The highest BCUT2D eigenvalue weighted by atomic mass is 79.9. The van der Waals surface area contributed by atoms with Crippen LogP contribution in [-0.2, 0) is 4.74 Å². The van der Waals surface area contributed by atoms with Crippen molar-refractivity contribution < 1.29 is 9.53 Å². The molecule has 0 saturated carbocycles. The first-order valence-corrected chi connectivity index (χ1v) is 6.60. The molecule has 1 rings (SSSR count). The molecule has 15 heavy (non-hydrogen) atoms. The summed E-state index contributed by atoms with van der Waals surface area (Å²) in [6.45, 7) is 6.19. The van der Waals surface area contributed by atoms with Gasteiger partial charge in [-0.3, -0.25) is 0 Å². The van der Waals surface area contributed by atoms with E-state index in [0.29, 0.717) is 11.4 Å². The SMILES string of the molecule is CCOC(=O)N1CCC(CC(C)Br)CC1. The van der Waals surface area contributed by atoms with Crippen LogP contribution in [0.5, 0.6) is 0 Å². The summed E-state index contributed by atoms with van der Waals surface area (Å²) in [6.07, 6.45) is 3.27. The van der Waals surface area contributed by atoms with Crippen molar-refractivity contribution in [2.24, 2.45) is 5.92 Å². The summed E-state index contributed by atoms with van der Waals surface area (Å²) in [7, 11) is 0. The van der Waals surface area contributed by atoms with Crippen molar-refractivity contribution in [1.82, 2.24) is 4.90 Å². The van der Waals surface area contributed by atoms with E-state index in [1.54, 1.807) is 0 Å². The monoisotopic (exact) mass is 277 g/mol. The van der Waals surface area contributed by atoms with Crippen LogP contribution in [0.2, 0.25) is 0 Å². The number of hydrogen-bond acceptors (Lipinski definition) is 2. The summed E-state index contributed by atoms with van der Waals surface area (Å²) in [6, 6.07) is 0. The van der Waals surface area contributed by atoms with E-state index in [0.717, 1.165) is 31.8 Å². The second kappa shape index (κ2) is 6.36. The summed E-state index contributed by atoms with van der Waals surface area (Å²) >= 11 is 3.57. The van der Waals surface area contributed by atoms with Gasteiger partial charge in [0.2, 0.25) is 0 Å². The third kappa shape index (κ3) is 4.41. The summed E-state index contributed by atoms with van der Waals surface area (Å²) in [5.74, 6) is 0.755. The van der Waals surface area contributed by atoms with Crippen molar-refractivity contribution in [3.8, 4) is 0 Å². The second-order valence-electron chi connectivity index (χ2n) is 4.15. The number of alkyl halides is 1. The van der Waals surface area contributed by atoms with E-state index >= 15 is 0 Å². The largest absolute Gasteiger partial charge is 0.450 e. The molecule has 1 unspecified atom stereocenters. The summed E-state index contributed by atoms with van der Waals surface area (Å²) in [5.41, 5.74) is 0. The van der Waals surface area contributed by atoms with Gasteiger partial charge in [-0.2, -0.15) is 0 Å². The van der Waals surface area contributed by atoms with Gasteiger partial charge < -0.3 is 9.64 Å². The van der Waals surface area contributed by atoms with Crippen molar-refractivity contribution in [1.29, 1.82) is 0 Å². The smallest absolute Gasteiger partial charge is 0.409 e. The molecule has 1 heterocycles. The molecule has 1 fully saturated rings. The van der Waals surface area contributed by atoms with E-state index < -0.39 is 0 Å². The van der Waals surface area contributed by atoms with Gasteiger partial charge in [-0.25, -0.2) is 4.79 Å². The number of carbonyl (C=O) groups excluding carboxylic acids is 1. The molecule has 4 heteroatoms. The predicted octanol–water partition coefficient (Wildman–Crippen LogP) is 3.03. The third-order valence-corrected chi connectivity index (χ3v) is 3.17. The number of halogens is 1. The molecule has 0 aliphatic carbocycles. The molecule has 0 aromatic carbocycles. The highest BCUT2D eigenvalue weighted by Crippen LogP contribution is 2.24. The summed E-state index contributed by atoms with van der Waals surface area (Å²) in [4.78, 5) is 13.8. The Balaban J connectivity index is 2.26. The van der Waals surface area contributed by atoms with Gasteiger partial charge in [-0.05, 0) is 32.1 Å². The first kappa shape index (κ1) is 12.8. The number of piperidine rings is 1. The van der Waals surface area contributed by atoms with Crippen LogP contribution in [0.3, 0.4) is 0 Å². The fraction of sp³-hybridized carbons (Fsp3) is 0.909. The van der Waals surface area contributed by atoms with E-state index in [9.17, 15) is 4.79 Å². The van der Waals surface area contributed by atoms with E-state index in [1.165, 1.54) is 6.42 Å². The first-order chi connectivity index (χ1) is 7.13. The minimum absolute atomic E-state index is 0.150. The average molecular weight is 278 g/mol. The molecule has 1 saturated heterocycles. The van der Waals surface area contributed by atoms with E-state index in [1.807, 2.05) is 11.8 Å². The lowest BCUT2D eigenvalue weighted by Crippen LogP contribution is -2.39. The molecule has 0 bridgehead atoms. The van der Waals surface area contributed by atoms with Crippen LogP contribution < -0.4 is 0 Å². The molecule has 0 aromatic rings. The van der Waals surface area contributed by atoms with Gasteiger partial charge in [0.1, 0.15) is 0 Å². The average Bonchev–Trinajstić information content (AvgIpc) is 2.18. The zero-order valence-corrected chi connectivity index (χ0v) is 11.1. The molecule has 1 aliphatic heterocycles. The Hall–Kier alpha value is -0.250. The second-order valence-corrected chi connectivity index (χ2v) is 5.71. The van der Waals surface area contributed by atoms with Gasteiger partial charge in [0.15, 0.2) is 0 Å². The van der Waals surface area contributed by atoms with Crippen LogP contribution in [0, 0.1) is 5.92 Å². The Bertz CT molecular complexity index is 201. The maximum absolute atomic E-state index is 11.4. The summed E-state index contributed by atoms with van der Waals surface area (Å²) < 4.78 is 4.98. The Morgan fingerprint density at radius 2 is 2.13 bits per heavy atom. The molecule has 0 aromatic heterocycles. The Morgan fingerprint density at radius 3 is 2.60 bits per heavy atom. The van der Waals surface area contributed by atoms with Gasteiger partial charge in [-0.15, -0.1) is 0 Å². The number of amides is 1. The number of nitrogens with zero attached hydrogens (tertiary/aromatic N) is 1. The lowest BCUT2D eigenvalue weighted by Gasteiger charge is -2.31. The van der Waals surface area contributed by atoms with E-state index in [2.05, 4.69) is 22.9 Å². The van der Waals surface area contributed by atoms with Crippen LogP contribution in [0.25, 0.3) is 0 Å². The Morgan fingerprint density at radius 1 is 1.53 bits per heavy atom. The molecule has 88 valence electrons. The zero-order chi connectivity index (χ0) is 11.3.